The highest BCUT2D eigenvalue weighted by Crippen LogP contribution is 2.45. The molecule has 0 bridgehead atoms. The molecule has 2 aliphatic heterocycles. The van der Waals surface area contributed by atoms with E-state index in [0.717, 1.165) is 31.5 Å². The molecule has 5 heteroatoms. The van der Waals surface area contributed by atoms with Gasteiger partial charge in [-0.1, -0.05) is 43.7 Å². The standard InChI is InChI=1S/C23H31N3O2/c1-17-5-7-19(8-6-17)23(9-11-28-12-10-23)21(27)26-15-20(22(2,3)16-26)18-13-24-25(4)14-18/h5-8,13-14,20H,9-12,15-16H2,1-4H3. The van der Waals surface area contributed by atoms with Crippen molar-refractivity contribution in [1.82, 2.24) is 14.7 Å². The van der Waals surface area contributed by atoms with Crippen molar-refractivity contribution in [2.24, 2.45) is 12.5 Å². The summed E-state index contributed by atoms with van der Waals surface area (Å²) < 4.78 is 7.48. The van der Waals surface area contributed by atoms with Crippen molar-refractivity contribution in [3.05, 3.63) is 53.3 Å². The van der Waals surface area contributed by atoms with Crippen LogP contribution in [0.5, 0.6) is 0 Å². The molecular weight excluding hydrogens is 350 g/mol. The van der Waals surface area contributed by atoms with E-state index < -0.39 is 5.41 Å². The normalized spacial score (nSPS) is 23.7. The minimum absolute atomic E-state index is 0.0261. The van der Waals surface area contributed by atoms with E-state index in [1.165, 1.54) is 11.1 Å². The van der Waals surface area contributed by atoms with Gasteiger partial charge in [-0.05, 0) is 36.3 Å². The predicted molar refractivity (Wildman–Crippen MR) is 109 cm³/mol. The third-order valence-electron chi connectivity index (χ3n) is 6.72. The highest BCUT2D eigenvalue weighted by molar-refractivity contribution is 5.89. The van der Waals surface area contributed by atoms with Gasteiger partial charge in [-0.2, -0.15) is 5.10 Å². The first-order chi connectivity index (χ1) is 13.3. The van der Waals surface area contributed by atoms with Gasteiger partial charge in [0.25, 0.3) is 0 Å². The van der Waals surface area contributed by atoms with E-state index >= 15 is 0 Å². The quantitative estimate of drug-likeness (QED) is 0.818. The molecule has 1 aromatic carbocycles. The summed E-state index contributed by atoms with van der Waals surface area (Å²) in [7, 11) is 1.95. The van der Waals surface area contributed by atoms with Crippen molar-refractivity contribution >= 4 is 5.91 Å². The molecule has 1 amide bonds. The van der Waals surface area contributed by atoms with Gasteiger partial charge in [0.05, 0.1) is 11.6 Å². The Morgan fingerprint density at radius 1 is 1.18 bits per heavy atom. The van der Waals surface area contributed by atoms with E-state index in [2.05, 4.69) is 61.2 Å². The molecular formula is C23H31N3O2. The van der Waals surface area contributed by atoms with Crippen LogP contribution < -0.4 is 0 Å². The highest BCUT2D eigenvalue weighted by Gasteiger charge is 2.49. The maximum atomic E-state index is 13.9. The van der Waals surface area contributed by atoms with Crippen LogP contribution in [0.15, 0.2) is 36.7 Å². The van der Waals surface area contributed by atoms with E-state index in [1.807, 2.05) is 17.9 Å². The number of carbonyl (C=O) groups excluding carboxylic acids is 1. The number of nitrogens with zero attached hydrogens (tertiary/aromatic N) is 3. The van der Waals surface area contributed by atoms with Crippen molar-refractivity contribution < 1.29 is 9.53 Å². The molecule has 3 heterocycles. The molecule has 0 aliphatic carbocycles. The Balaban J connectivity index is 1.65. The van der Waals surface area contributed by atoms with Crippen molar-refractivity contribution in [3.8, 4) is 0 Å². The second kappa shape index (κ2) is 7.03. The van der Waals surface area contributed by atoms with E-state index in [0.29, 0.717) is 19.1 Å². The fraction of sp³-hybridized carbons (Fsp3) is 0.565. The predicted octanol–water partition coefficient (Wildman–Crippen LogP) is 3.43. The number of benzene rings is 1. The smallest absolute Gasteiger partial charge is 0.233 e. The molecule has 150 valence electrons. The topological polar surface area (TPSA) is 47.4 Å². The second-order valence-corrected chi connectivity index (χ2v) is 9.23. The Bertz CT molecular complexity index is 847. The number of likely N-dealkylation sites (tertiary alicyclic amines) is 1. The molecule has 2 saturated heterocycles. The average molecular weight is 382 g/mol. The van der Waals surface area contributed by atoms with Crippen LogP contribution >= 0.6 is 0 Å². The molecule has 2 aromatic rings. The van der Waals surface area contributed by atoms with Crippen LogP contribution in [0.25, 0.3) is 0 Å². The summed E-state index contributed by atoms with van der Waals surface area (Å²) in [4.78, 5) is 16.0. The number of hydrogen-bond donors (Lipinski definition) is 0. The van der Waals surface area contributed by atoms with Gasteiger partial charge in [-0.3, -0.25) is 9.48 Å². The summed E-state index contributed by atoms with van der Waals surface area (Å²) in [5, 5.41) is 4.35. The molecule has 1 aromatic heterocycles. The van der Waals surface area contributed by atoms with Gasteiger partial charge < -0.3 is 9.64 Å². The number of hydrogen-bond acceptors (Lipinski definition) is 3. The van der Waals surface area contributed by atoms with E-state index in [9.17, 15) is 4.79 Å². The van der Waals surface area contributed by atoms with Gasteiger partial charge in [0.2, 0.25) is 5.91 Å². The van der Waals surface area contributed by atoms with Gasteiger partial charge in [0.1, 0.15) is 0 Å². The monoisotopic (exact) mass is 381 g/mol. The zero-order chi connectivity index (χ0) is 19.9. The van der Waals surface area contributed by atoms with Gasteiger partial charge in [-0.15, -0.1) is 0 Å². The molecule has 0 N–H and O–H groups in total. The lowest BCUT2D eigenvalue weighted by molar-refractivity contribution is -0.140. The first-order valence-corrected chi connectivity index (χ1v) is 10.2. The number of amides is 1. The van der Waals surface area contributed by atoms with Gasteiger partial charge in [0, 0.05) is 45.5 Å². The number of carbonyl (C=O) groups is 1. The minimum atomic E-state index is -0.466. The molecule has 0 radical (unpaired) electrons. The lowest BCUT2D eigenvalue weighted by Crippen LogP contribution is -2.49. The third-order valence-corrected chi connectivity index (χ3v) is 6.72. The molecule has 1 atom stereocenters. The number of aryl methyl sites for hydroxylation is 2. The zero-order valence-electron chi connectivity index (χ0n) is 17.4. The Labute approximate surface area is 167 Å². The maximum absolute atomic E-state index is 13.9. The Kier molecular flexibility index (Phi) is 4.82. The fourth-order valence-electron chi connectivity index (χ4n) is 4.99. The van der Waals surface area contributed by atoms with Gasteiger partial charge >= 0.3 is 0 Å². The van der Waals surface area contributed by atoms with Crippen molar-refractivity contribution in [2.45, 2.75) is 44.9 Å². The summed E-state index contributed by atoms with van der Waals surface area (Å²) in [5.74, 6) is 0.569. The Morgan fingerprint density at radius 3 is 2.46 bits per heavy atom. The molecule has 2 fully saturated rings. The van der Waals surface area contributed by atoms with Crippen LogP contribution in [0.4, 0.5) is 0 Å². The van der Waals surface area contributed by atoms with Crippen molar-refractivity contribution in [1.29, 1.82) is 0 Å². The van der Waals surface area contributed by atoms with E-state index in [-0.39, 0.29) is 11.3 Å². The summed E-state index contributed by atoms with van der Waals surface area (Å²) in [6, 6.07) is 8.51. The van der Waals surface area contributed by atoms with Crippen molar-refractivity contribution in [2.75, 3.05) is 26.3 Å². The minimum Gasteiger partial charge on any atom is -0.381 e. The third kappa shape index (κ3) is 3.26. The second-order valence-electron chi connectivity index (χ2n) is 9.23. The molecule has 1 unspecified atom stereocenters. The van der Waals surface area contributed by atoms with E-state index in [1.54, 1.807) is 0 Å². The molecule has 28 heavy (non-hydrogen) atoms. The number of ether oxygens (including phenoxy) is 1. The fourth-order valence-corrected chi connectivity index (χ4v) is 4.99. The number of rotatable bonds is 3. The molecule has 2 aliphatic rings. The lowest BCUT2D eigenvalue weighted by atomic mass is 9.72. The van der Waals surface area contributed by atoms with Crippen LogP contribution in [0, 0.1) is 12.3 Å². The summed E-state index contributed by atoms with van der Waals surface area (Å²) in [6.07, 6.45) is 5.54. The van der Waals surface area contributed by atoms with Crippen LogP contribution in [-0.4, -0.2) is 46.9 Å². The van der Waals surface area contributed by atoms with Crippen LogP contribution in [0.2, 0.25) is 0 Å². The maximum Gasteiger partial charge on any atom is 0.233 e. The largest absolute Gasteiger partial charge is 0.381 e. The average Bonchev–Trinajstić information content (AvgIpc) is 3.24. The molecule has 4 rings (SSSR count). The van der Waals surface area contributed by atoms with Gasteiger partial charge in [-0.25, -0.2) is 0 Å². The summed E-state index contributed by atoms with van der Waals surface area (Å²) in [5.41, 5.74) is 3.13. The zero-order valence-corrected chi connectivity index (χ0v) is 17.4. The first kappa shape index (κ1) is 19.2. The molecule has 5 nitrogen and oxygen atoms in total. The van der Waals surface area contributed by atoms with Crippen LogP contribution in [0.3, 0.4) is 0 Å². The number of aromatic nitrogens is 2. The Morgan fingerprint density at radius 2 is 1.86 bits per heavy atom. The lowest BCUT2D eigenvalue weighted by Gasteiger charge is -2.39. The SMILES string of the molecule is Cc1ccc(C2(C(=O)N3CC(c4cnn(C)c4)C(C)(C)C3)CCOCC2)cc1. The first-order valence-electron chi connectivity index (χ1n) is 10.2. The van der Waals surface area contributed by atoms with Gasteiger partial charge in [0.15, 0.2) is 0 Å². The van der Waals surface area contributed by atoms with Crippen LogP contribution in [0.1, 0.15) is 49.3 Å². The van der Waals surface area contributed by atoms with E-state index in [4.69, 9.17) is 4.74 Å². The summed E-state index contributed by atoms with van der Waals surface area (Å²) >= 11 is 0. The summed E-state index contributed by atoms with van der Waals surface area (Å²) in [6.45, 7) is 9.43. The Hall–Kier alpha value is -2.14. The molecule has 0 spiro atoms. The molecule has 0 saturated carbocycles. The van der Waals surface area contributed by atoms with Crippen molar-refractivity contribution in [3.63, 3.8) is 0 Å². The highest BCUT2D eigenvalue weighted by atomic mass is 16.5. The van der Waals surface area contributed by atoms with Crippen LogP contribution in [-0.2, 0) is 22.0 Å².